The Kier molecular flexibility index (Phi) is 5.79. The van der Waals surface area contributed by atoms with Gasteiger partial charge in [0.05, 0.1) is 24.6 Å². The Balaban J connectivity index is 1.63. The molecule has 1 unspecified atom stereocenters. The number of nitrogens with zero attached hydrogens (tertiary/aromatic N) is 3. The van der Waals surface area contributed by atoms with Gasteiger partial charge in [-0.05, 0) is 50.6 Å². The van der Waals surface area contributed by atoms with Crippen molar-refractivity contribution in [3.8, 4) is 11.5 Å². The van der Waals surface area contributed by atoms with Gasteiger partial charge < -0.3 is 9.26 Å². The summed E-state index contributed by atoms with van der Waals surface area (Å²) < 4.78 is 48.2. The normalized spacial score (nSPS) is 18.4. The molecule has 0 amide bonds. The molecule has 1 atom stereocenters. The van der Waals surface area contributed by atoms with Crippen LogP contribution in [-0.4, -0.2) is 40.7 Å². The van der Waals surface area contributed by atoms with Crippen LogP contribution in [-0.2, 0) is 22.3 Å². The maximum Gasteiger partial charge on any atom is 0.416 e. The summed E-state index contributed by atoms with van der Waals surface area (Å²) in [6.45, 7) is 3.90. The van der Waals surface area contributed by atoms with E-state index in [9.17, 15) is 18.0 Å². The fourth-order valence-electron chi connectivity index (χ4n) is 3.09. The molecule has 1 aromatic heterocycles. The zero-order valence-corrected chi connectivity index (χ0v) is 14.8. The van der Waals surface area contributed by atoms with E-state index in [4.69, 9.17) is 9.26 Å². The average Bonchev–Trinajstić information content (AvgIpc) is 3.10. The molecule has 0 bridgehead atoms. The smallest absolute Gasteiger partial charge is 0.416 e. The first-order valence-corrected chi connectivity index (χ1v) is 8.76. The number of ether oxygens (including phenoxy) is 1. The zero-order valence-electron chi connectivity index (χ0n) is 14.8. The van der Waals surface area contributed by atoms with Crippen molar-refractivity contribution in [1.29, 1.82) is 0 Å². The predicted molar refractivity (Wildman–Crippen MR) is 89.4 cm³/mol. The molecule has 6 nitrogen and oxygen atoms in total. The second kappa shape index (κ2) is 8.08. The minimum absolute atomic E-state index is 0.165. The monoisotopic (exact) mass is 383 g/mol. The molecule has 0 spiro atoms. The number of esters is 1. The number of alkyl halides is 3. The van der Waals surface area contributed by atoms with Gasteiger partial charge in [-0.15, -0.1) is 0 Å². The number of likely N-dealkylation sites (tertiary alicyclic amines) is 1. The molecule has 1 aliphatic rings. The highest BCUT2D eigenvalue weighted by molar-refractivity contribution is 5.72. The molecule has 1 fully saturated rings. The fraction of sp³-hybridized carbons (Fsp3) is 0.500. The van der Waals surface area contributed by atoms with Gasteiger partial charge in [-0.1, -0.05) is 5.16 Å². The molecule has 2 aromatic rings. The number of rotatable bonds is 5. The zero-order chi connectivity index (χ0) is 19.4. The van der Waals surface area contributed by atoms with Crippen LogP contribution in [0.15, 0.2) is 28.8 Å². The molecule has 0 saturated carbocycles. The van der Waals surface area contributed by atoms with E-state index in [1.807, 2.05) is 4.90 Å². The summed E-state index contributed by atoms with van der Waals surface area (Å²) in [7, 11) is 0. The minimum Gasteiger partial charge on any atom is -0.466 e. The average molecular weight is 383 g/mol. The summed E-state index contributed by atoms with van der Waals surface area (Å²) >= 11 is 0. The summed E-state index contributed by atoms with van der Waals surface area (Å²) in [6.07, 6.45) is -2.73. The lowest BCUT2D eigenvalue weighted by molar-refractivity contribution is -0.150. The maximum absolute atomic E-state index is 12.6. The fourth-order valence-corrected chi connectivity index (χ4v) is 3.09. The Morgan fingerprint density at radius 2 is 2.07 bits per heavy atom. The Bertz CT molecular complexity index is 774. The van der Waals surface area contributed by atoms with Crippen LogP contribution in [0.5, 0.6) is 0 Å². The molecular formula is C18H20F3N3O3. The first kappa shape index (κ1) is 19.3. The maximum atomic E-state index is 12.6. The van der Waals surface area contributed by atoms with Gasteiger partial charge in [0.2, 0.25) is 0 Å². The Morgan fingerprint density at radius 3 is 2.74 bits per heavy atom. The van der Waals surface area contributed by atoms with Crippen molar-refractivity contribution in [2.75, 3.05) is 19.7 Å². The van der Waals surface area contributed by atoms with E-state index >= 15 is 0 Å². The molecular weight excluding hydrogens is 363 g/mol. The van der Waals surface area contributed by atoms with Gasteiger partial charge in [0.15, 0.2) is 5.82 Å². The standard InChI is InChI=1S/C18H20F3N3O3/c1-2-26-17(25)13-4-3-9-24(10-13)11-15-22-16(27-23-15)12-5-7-14(8-6-12)18(19,20)21/h5-8,13H,2-4,9-11H2,1H3. The van der Waals surface area contributed by atoms with E-state index in [0.29, 0.717) is 31.1 Å². The summed E-state index contributed by atoms with van der Waals surface area (Å²) in [5, 5.41) is 3.90. The van der Waals surface area contributed by atoms with Gasteiger partial charge in [0.25, 0.3) is 5.89 Å². The molecule has 146 valence electrons. The topological polar surface area (TPSA) is 68.5 Å². The van der Waals surface area contributed by atoms with Gasteiger partial charge in [0.1, 0.15) is 0 Å². The SMILES string of the molecule is CCOC(=O)C1CCCN(Cc2noc(-c3ccc(C(F)(F)F)cc3)n2)C1. The quantitative estimate of drug-likeness (QED) is 0.736. The van der Waals surface area contributed by atoms with Crippen LogP contribution < -0.4 is 0 Å². The summed E-state index contributed by atoms with van der Waals surface area (Å²) in [5.41, 5.74) is -0.311. The van der Waals surface area contributed by atoms with E-state index in [1.54, 1.807) is 6.92 Å². The molecule has 0 aliphatic carbocycles. The number of halogens is 3. The van der Waals surface area contributed by atoms with Crippen LogP contribution in [0.3, 0.4) is 0 Å². The van der Waals surface area contributed by atoms with Crippen LogP contribution >= 0.6 is 0 Å². The van der Waals surface area contributed by atoms with Crippen molar-refractivity contribution in [3.63, 3.8) is 0 Å². The van der Waals surface area contributed by atoms with E-state index in [2.05, 4.69) is 10.1 Å². The Morgan fingerprint density at radius 1 is 1.33 bits per heavy atom. The van der Waals surface area contributed by atoms with Crippen molar-refractivity contribution < 1.29 is 27.2 Å². The first-order chi connectivity index (χ1) is 12.9. The van der Waals surface area contributed by atoms with Crippen LogP contribution in [0.4, 0.5) is 13.2 Å². The minimum atomic E-state index is -4.39. The summed E-state index contributed by atoms with van der Waals surface area (Å²) in [4.78, 5) is 18.2. The largest absolute Gasteiger partial charge is 0.466 e. The van der Waals surface area contributed by atoms with Gasteiger partial charge in [-0.3, -0.25) is 9.69 Å². The van der Waals surface area contributed by atoms with E-state index < -0.39 is 11.7 Å². The summed E-state index contributed by atoms with van der Waals surface area (Å²) in [6, 6.07) is 4.57. The van der Waals surface area contributed by atoms with Crippen molar-refractivity contribution >= 4 is 5.97 Å². The molecule has 1 aliphatic heterocycles. The lowest BCUT2D eigenvalue weighted by atomic mass is 9.98. The van der Waals surface area contributed by atoms with E-state index in [-0.39, 0.29) is 17.8 Å². The number of hydrogen-bond donors (Lipinski definition) is 0. The Hall–Kier alpha value is -2.42. The van der Waals surface area contributed by atoms with Gasteiger partial charge >= 0.3 is 12.1 Å². The first-order valence-electron chi connectivity index (χ1n) is 8.76. The van der Waals surface area contributed by atoms with Crippen molar-refractivity contribution in [3.05, 3.63) is 35.7 Å². The predicted octanol–water partition coefficient (Wildman–Crippen LogP) is 3.53. The molecule has 1 aromatic carbocycles. The van der Waals surface area contributed by atoms with E-state index in [0.717, 1.165) is 31.5 Å². The molecule has 1 saturated heterocycles. The van der Waals surface area contributed by atoms with Gasteiger partial charge in [-0.2, -0.15) is 18.2 Å². The van der Waals surface area contributed by atoms with Crippen molar-refractivity contribution in [2.45, 2.75) is 32.5 Å². The highest BCUT2D eigenvalue weighted by Gasteiger charge is 2.30. The van der Waals surface area contributed by atoms with Crippen molar-refractivity contribution in [1.82, 2.24) is 15.0 Å². The molecule has 0 N–H and O–H groups in total. The molecule has 0 radical (unpaired) electrons. The van der Waals surface area contributed by atoms with Crippen LogP contribution in [0.1, 0.15) is 31.2 Å². The van der Waals surface area contributed by atoms with Crippen LogP contribution in [0, 0.1) is 5.92 Å². The highest BCUT2D eigenvalue weighted by Crippen LogP contribution is 2.30. The molecule has 9 heteroatoms. The third kappa shape index (κ3) is 4.85. The van der Waals surface area contributed by atoms with Crippen molar-refractivity contribution in [2.24, 2.45) is 5.92 Å². The summed E-state index contributed by atoms with van der Waals surface area (Å²) in [5.74, 6) is 0.229. The van der Waals surface area contributed by atoms with Gasteiger partial charge in [-0.25, -0.2) is 0 Å². The second-order valence-electron chi connectivity index (χ2n) is 6.42. The van der Waals surface area contributed by atoms with E-state index in [1.165, 1.54) is 12.1 Å². The Labute approximate surface area is 154 Å². The molecule has 27 heavy (non-hydrogen) atoms. The molecule has 2 heterocycles. The number of piperidine rings is 1. The third-order valence-corrected chi connectivity index (χ3v) is 4.42. The number of aromatic nitrogens is 2. The number of carbonyl (C=O) groups excluding carboxylic acids is 1. The lowest BCUT2D eigenvalue weighted by Crippen LogP contribution is -2.39. The third-order valence-electron chi connectivity index (χ3n) is 4.42. The lowest BCUT2D eigenvalue weighted by Gasteiger charge is -2.30. The highest BCUT2D eigenvalue weighted by atomic mass is 19.4. The van der Waals surface area contributed by atoms with Gasteiger partial charge in [0, 0.05) is 12.1 Å². The number of carbonyl (C=O) groups is 1. The molecule has 3 rings (SSSR count). The number of hydrogen-bond acceptors (Lipinski definition) is 6. The number of benzene rings is 1. The second-order valence-corrected chi connectivity index (χ2v) is 6.42. The van der Waals surface area contributed by atoms with Crippen LogP contribution in [0.2, 0.25) is 0 Å². The van der Waals surface area contributed by atoms with Crippen LogP contribution in [0.25, 0.3) is 11.5 Å².